The van der Waals surface area contributed by atoms with E-state index in [0.717, 1.165) is 19.5 Å². The molecule has 2 aromatic carbocycles. The maximum Gasteiger partial charge on any atom is 0.264 e. The van der Waals surface area contributed by atoms with Gasteiger partial charge in [0.15, 0.2) is 0 Å². The van der Waals surface area contributed by atoms with E-state index >= 15 is 0 Å². The van der Waals surface area contributed by atoms with Gasteiger partial charge < -0.3 is 9.64 Å². The van der Waals surface area contributed by atoms with Gasteiger partial charge in [-0.05, 0) is 48.9 Å². The molecule has 132 valence electrons. The summed E-state index contributed by atoms with van der Waals surface area (Å²) in [4.78, 5) is 14.1. The zero-order valence-corrected chi connectivity index (χ0v) is 15.0. The fourth-order valence-electron chi connectivity index (χ4n) is 2.58. The number of benzene rings is 2. The Hall–Kier alpha value is -2.54. The third-order valence-electron chi connectivity index (χ3n) is 4.32. The number of methoxy groups -OCH3 is 1. The Bertz CT molecular complexity index is 874. The van der Waals surface area contributed by atoms with E-state index < -0.39 is 10.0 Å². The molecule has 1 aliphatic rings. The van der Waals surface area contributed by atoms with Gasteiger partial charge in [-0.3, -0.25) is 9.10 Å². The van der Waals surface area contributed by atoms with Crippen molar-refractivity contribution >= 4 is 21.6 Å². The van der Waals surface area contributed by atoms with Crippen molar-refractivity contribution in [2.75, 3.05) is 31.6 Å². The van der Waals surface area contributed by atoms with Gasteiger partial charge in [0.25, 0.3) is 15.9 Å². The summed E-state index contributed by atoms with van der Waals surface area (Å²) in [7, 11) is -0.721. The number of amides is 1. The molecule has 0 N–H and O–H groups in total. The van der Waals surface area contributed by atoms with Crippen molar-refractivity contribution < 1.29 is 17.9 Å². The third-order valence-corrected chi connectivity index (χ3v) is 6.10. The molecule has 0 atom stereocenters. The minimum absolute atomic E-state index is 0.0946. The number of hydrogen-bond donors (Lipinski definition) is 0. The molecule has 0 bridgehead atoms. The number of sulfonamides is 1. The number of rotatable bonds is 5. The van der Waals surface area contributed by atoms with E-state index in [4.69, 9.17) is 4.74 Å². The van der Waals surface area contributed by atoms with Crippen LogP contribution in [0, 0.1) is 0 Å². The van der Waals surface area contributed by atoms with Gasteiger partial charge in [-0.1, -0.05) is 6.07 Å². The number of carbonyl (C=O) groups is 1. The maximum absolute atomic E-state index is 12.9. The fourth-order valence-corrected chi connectivity index (χ4v) is 3.82. The highest BCUT2D eigenvalue weighted by Crippen LogP contribution is 2.25. The molecule has 25 heavy (non-hydrogen) atoms. The molecule has 0 saturated carbocycles. The number of carbonyl (C=O) groups excluding carboxylic acids is 1. The Balaban J connectivity index is 1.89. The van der Waals surface area contributed by atoms with E-state index in [2.05, 4.69) is 0 Å². The van der Waals surface area contributed by atoms with Crippen LogP contribution in [0.2, 0.25) is 0 Å². The Morgan fingerprint density at radius 1 is 1.12 bits per heavy atom. The summed E-state index contributed by atoms with van der Waals surface area (Å²) in [6.07, 6.45) is 0.990. The lowest BCUT2D eigenvalue weighted by atomic mass is 10.1. The lowest BCUT2D eigenvalue weighted by molar-refractivity contribution is 0.0651. The number of nitrogens with zero attached hydrogens (tertiary/aromatic N) is 2. The molecule has 1 saturated heterocycles. The molecule has 1 aliphatic heterocycles. The van der Waals surface area contributed by atoms with Crippen LogP contribution in [0.4, 0.5) is 5.69 Å². The maximum atomic E-state index is 12.9. The first-order chi connectivity index (χ1) is 11.9. The molecule has 0 spiro atoms. The molecular weight excluding hydrogens is 340 g/mol. The normalized spacial score (nSPS) is 13.9. The highest BCUT2D eigenvalue weighted by molar-refractivity contribution is 7.92. The fraction of sp³-hybridized carbons (Fsp3) is 0.278. The van der Waals surface area contributed by atoms with Crippen LogP contribution in [-0.4, -0.2) is 46.5 Å². The first kappa shape index (κ1) is 17.3. The van der Waals surface area contributed by atoms with Crippen LogP contribution in [0.15, 0.2) is 53.4 Å². The SMILES string of the molecule is COc1ccc(N(C)S(=O)(=O)c2cccc(C(=O)N3CCC3)c2)cc1. The topological polar surface area (TPSA) is 66.9 Å². The second kappa shape index (κ2) is 6.76. The van der Waals surface area contributed by atoms with Crippen LogP contribution in [0.25, 0.3) is 0 Å². The molecular formula is C18H20N2O4S. The van der Waals surface area contributed by atoms with Gasteiger partial charge in [0.2, 0.25) is 0 Å². The van der Waals surface area contributed by atoms with Crippen LogP contribution in [0.3, 0.4) is 0 Å². The Labute approximate surface area is 147 Å². The first-order valence-electron chi connectivity index (χ1n) is 7.96. The Kier molecular flexibility index (Phi) is 4.67. The van der Waals surface area contributed by atoms with Crippen molar-refractivity contribution in [3.8, 4) is 5.75 Å². The zero-order chi connectivity index (χ0) is 18.0. The molecule has 2 aromatic rings. The van der Waals surface area contributed by atoms with Crippen LogP contribution >= 0.6 is 0 Å². The molecule has 0 radical (unpaired) electrons. The van der Waals surface area contributed by atoms with Crippen molar-refractivity contribution in [1.82, 2.24) is 4.90 Å². The van der Waals surface area contributed by atoms with Crippen molar-refractivity contribution in [2.24, 2.45) is 0 Å². The van der Waals surface area contributed by atoms with E-state index in [-0.39, 0.29) is 10.8 Å². The molecule has 1 heterocycles. The minimum atomic E-state index is -3.76. The number of anilines is 1. The van der Waals surface area contributed by atoms with Crippen molar-refractivity contribution in [3.05, 3.63) is 54.1 Å². The molecule has 6 nitrogen and oxygen atoms in total. The lowest BCUT2D eigenvalue weighted by Gasteiger charge is -2.31. The molecule has 0 aromatic heterocycles. The van der Waals surface area contributed by atoms with E-state index in [1.807, 2.05) is 0 Å². The summed E-state index contributed by atoms with van der Waals surface area (Å²) < 4.78 is 32.1. The molecule has 3 rings (SSSR count). The molecule has 1 amide bonds. The lowest BCUT2D eigenvalue weighted by Crippen LogP contribution is -2.42. The van der Waals surface area contributed by atoms with E-state index in [1.165, 1.54) is 23.5 Å². The van der Waals surface area contributed by atoms with Gasteiger partial charge in [-0.2, -0.15) is 0 Å². The van der Waals surface area contributed by atoms with Crippen LogP contribution < -0.4 is 9.04 Å². The van der Waals surface area contributed by atoms with Crippen molar-refractivity contribution in [2.45, 2.75) is 11.3 Å². The van der Waals surface area contributed by atoms with Crippen molar-refractivity contribution in [1.29, 1.82) is 0 Å². The highest BCUT2D eigenvalue weighted by Gasteiger charge is 2.25. The van der Waals surface area contributed by atoms with E-state index in [0.29, 0.717) is 17.0 Å². The minimum Gasteiger partial charge on any atom is -0.497 e. The summed E-state index contributed by atoms with van der Waals surface area (Å²) in [5.41, 5.74) is 0.907. The summed E-state index contributed by atoms with van der Waals surface area (Å²) in [5, 5.41) is 0. The van der Waals surface area contributed by atoms with Crippen LogP contribution in [0.5, 0.6) is 5.75 Å². The smallest absolute Gasteiger partial charge is 0.264 e. The molecule has 0 unspecified atom stereocenters. The predicted octanol–water partition coefficient (Wildman–Crippen LogP) is 2.37. The average Bonchev–Trinajstić information content (AvgIpc) is 2.59. The van der Waals surface area contributed by atoms with Crippen molar-refractivity contribution in [3.63, 3.8) is 0 Å². The highest BCUT2D eigenvalue weighted by atomic mass is 32.2. The second-order valence-electron chi connectivity index (χ2n) is 5.84. The van der Waals surface area contributed by atoms with E-state index in [1.54, 1.807) is 48.4 Å². The first-order valence-corrected chi connectivity index (χ1v) is 9.40. The number of likely N-dealkylation sites (tertiary alicyclic amines) is 1. The second-order valence-corrected chi connectivity index (χ2v) is 7.81. The van der Waals surface area contributed by atoms with Crippen LogP contribution in [-0.2, 0) is 10.0 Å². The Morgan fingerprint density at radius 2 is 1.80 bits per heavy atom. The van der Waals surface area contributed by atoms with Gasteiger partial charge in [-0.15, -0.1) is 0 Å². The van der Waals surface area contributed by atoms with Gasteiger partial charge >= 0.3 is 0 Å². The van der Waals surface area contributed by atoms with Crippen LogP contribution in [0.1, 0.15) is 16.8 Å². The van der Waals surface area contributed by atoms with E-state index in [9.17, 15) is 13.2 Å². The van der Waals surface area contributed by atoms with Gasteiger partial charge in [0.1, 0.15) is 5.75 Å². The third kappa shape index (κ3) is 3.32. The Morgan fingerprint density at radius 3 is 2.36 bits per heavy atom. The standard InChI is InChI=1S/C18H20N2O4S/c1-19(15-7-9-16(24-2)10-8-15)25(22,23)17-6-3-5-14(13-17)18(21)20-11-4-12-20/h3,5-10,13H,4,11-12H2,1-2H3. The zero-order valence-electron chi connectivity index (χ0n) is 14.2. The number of hydrogen-bond acceptors (Lipinski definition) is 4. The predicted molar refractivity (Wildman–Crippen MR) is 95.5 cm³/mol. The summed E-state index contributed by atoms with van der Waals surface area (Å²) in [6, 6.07) is 12.9. The molecule has 1 fully saturated rings. The largest absolute Gasteiger partial charge is 0.497 e. The summed E-state index contributed by atoms with van der Waals surface area (Å²) in [6.45, 7) is 1.45. The quantitative estimate of drug-likeness (QED) is 0.821. The van der Waals surface area contributed by atoms with Gasteiger partial charge in [-0.25, -0.2) is 8.42 Å². The molecule has 7 heteroatoms. The molecule has 0 aliphatic carbocycles. The summed E-state index contributed by atoms with van der Waals surface area (Å²) >= 11 is 0. The average molecular weight is 360 g/mol. The number of ether oxygens (including phenoxy) is 1. The summed E-state index contributed by atoms with van der Waals surface area (Å²) in [5.74, 6) is 0.520. The van der Waals surface area contributed by atoms with Gasteiger partial charge in [0.05, 0.1) is 17.7 Å². The monoisotopic (exact) mass is 360 g/mol. The van der Waals surface area contributed by atoms with Gasteiger partial charge in [0, 0.05) is 25.7 Å².